The first-order chi connectivity index (χ1) is 27.4. The Morgan fingerprint density at radius 1 is 0.250 bits per heavy atom. The van der Waals surface area contributed by atoms with E-state index in [1.165, 1.54) is 0 Å². The summed E-state index contributed by atoms with van der Waals surface area (Å²) >= 11 is 0. The second kappa shape index (κ2) is 13.1. The maximum atomic E-state index is 12.4. The molecule has 0 aliphatic heterocycles. The van der Waals surface area contributed by atoms with Gasteiger partial charge in [0.05, 0.1) is 0 Å². The van der Waals surface area contributed by atoms with Crippen LogP contribution in [0.15, 0.2) is 182 Å². The van der Waals surface area contributed by atoms with E-state index in [1.807, 2.05) is 121 Å². The Balaban J connectivity index is 1.14. The highest BCUT2D eigenvalue weighted by Crippen LogP contribution is 2.53. The lowest BCUT2D eigenvalue weighted by atomic mass is 9.86. The molecule has 0 saturated carbocycles. The molecule has 10 rings (SSSR count). The molecular weight excluding hydrogens is 689 g/mol. The molecule has 0 spiro atoms. The molecule has 0 aliphatic rings. The predicted molar refractivity (Wildman–Crippen MR) is 230 cm³/mol. The molecule has 0 saturated heterocycles. The maximum Gasteiger partial charge on any atom is 0.132 e. The van der Waals surface area contributed by atoms with E-state index in [9.17, 15) is 20.4 Å². The number of hydrogen-bond donors (Lipinski definition) is 4. The van der Waals surface area contributed by atoms with E-state index >= 15 is 0 Å². The molecule has 0 amide bonds. The minimum absolute atomic E-state index is 0.0199. The van der Waals surface area contributed by atoms with Crippen molar-refractivity contribution in [1.82, 2.24) is 0 Å². The lowest BCUT2D eigenvalue weighted by Crippen LogP contribution is -1.93. The molecule has 10 aromatic carbocycles. The Hall–Kier alpha value is -7.56. The second-order valence-electron chi connectivity index (χ2n) is 14.3. The lowest BCUT2D eigenvalue weighted by molar-refractivity contribution is 0.466. The molecule has 0 heterocycles. The van der Waals surface area contributed by atoms with Gasteiger partial charge < -0.3 is 20.4 Å². The zero-order valence-electron chi connectivity index (χ0n) is 30.1. The number of aromatic hydroxyl groups is 4. The van der Waals surface area contributed by atoms with Crippen LogP contribution >= 0.6 is 0 Å². The number of fused-ring (bicyclic) bond motifs is 4. The van der Waals surface area contributed by atoms with E-state index in [2.05, 4.69) is 48.5 Å². The highest BCUT2D eigenvalue weighted by Gasteiger charge is 2.25. The van der Waals surface area contributed by atoms with Crippen molar-refractivity contribution in [2.75, 3.05) is 0 Å². The van der Waals surface area contributed by atoms with Crippen LogP contribution in [-0.2, 0) is 0 Å². The highest BCUT2D eigenvalue weighted by atomic mass is 16.3. The van der Waals surface area contributed by atoms with Crippen LogP contribution in [0.3, 0.4) is 0 Å². The molecule has 10 aromatic rings. The van der Waals surface area contributed by atoms with Crippen molar-refractivity contribution in [3.63, 3.8) is 0 Å². The fourth-order valence-corrected chi connectivity index (χ4v) is 8.21. The van der Waals surface area contributed by atoms with Crippen LogP contribution in [0.25, 0.3) is 98.7 Å². The van der Waals surface area contributed by atoms with Gasteiger partial charge in [-0.2, -0.15) is 0 Å². The Bertz CT molecular complexity index is 2980. The maximum absolute atomic E-state index is 12.4. The van der Waals surface area contributed by atoms with Gasteiger partial charge in [0.25, 0.3) is 0 Å². The molecule has 0 radical (unpaired) electrons. The lowest BCUT2D eigenvalue weighted by Gasteiger charge is -2.20. The van der Waals surface area contributed by atoms with Crippen LogP contribution in [0.1, 0.15) is 0 Å². The molecule has 0 unspecified atom stereocenters. The topological polar surface area (TPSA) is 80.9 Å². The molecular formula is C52H34O4. The van der Waals surface area contributed by atoms with E-state index in [1.54, 1.807) is 12.1 Å². The van der Waals surface area contributed by atoms with Gasteiger partial charge in [0.2, 0.25) is 0 Å². The predicted octanol–water partition coefficient (Wildman–Crippen LogP) is 13.5. The van der Waals surface area contributed by atoms with Crippen molar-refractivity contribution >= 4 is 43.1 Å². The Labute approximate surface area is 323 Å². The molecule has 4 N–H and O–H groups in total. The van der Waals surface area contributed by atoms with Crippen molar-refractivity contribution in [3.05, 3.63) is 182 Å². The zero-order valence-corrected chi connectivity index (χ0v) is 30.1. The fraction of sp³-hybridized carbons (Fsp3) is 0. The Kier molecular flexibility index (Phi) is 7.72. The van der Waals surface area contributed by atoms with Gasteiger partial charge in [-0.3, -0.25) is 0 Å². The standard InChI is InChI=1S/C52H34O4/c53-47-29-37(35-19-17-31-9-1-3-11-33(31)25-35)21-23-43(47)45-27-39-13-5-7-15-41(39)49(51(45)55)50-42-16-8-6-14-40(42)28-46(52(50)56)44-24-22-38(30-48(44)54)36-20-18-32-10-2-4-12-34(32)26-36/h1-30,53-56H. The van der Waals surface area contributed by atoms with Crippen LogP contribution in [0, 0.1) is 0 Å². The fourth-order valence-electron chi connectivity index (χ4n) is 8.21. The van der Waals surface area contributed by atoms with Crippen LogP contribution < -0.4 is 0 Å². The summed E-state index contributed by atoms with van der Waals surface area (Å²) in [5, 5.41) is 55.6. The van der Waals surface area contributed by atoms with Crippen molar-refractivity contribution in [3.8, 4) is 78.6 Å². The van der Waals surface area contributed by atoms with Gasteiger partial charge in [0.1, 0.15) is 23.0 Å². The number of hydrogen-bond acceptors (Lipinski definition) is 4. The van der Waals surface area contributed by atoms with E-state index in [0.717, 1.165) is 65.3 Å². The van der Waals surface area contributed by atoms with Gasteiger partial charge in [-0.15, -0.1) is 0 Å². The molecule has 266 valence electrons. The Morgan fingerprint density at radius 3 is 1.00 bits per heavy atom. The zero-order chi connectivity index (χ0) is 37.9. The summed E-state index contributed by atoms with van der Waals surface area (Å²) < 4.78 is 0. The number of phenols is 4. The van der Waals surface area contributed by atoms with Gasteiger partial charge in [0, 0.05) is 33.4 Å². The first-order valence-corrected chi connectivity index (χ1v) is 18.6. The minimum Gasteiger partial charge on any atom is -0.507 e. The molecule has 4 nitrogen and oxygen atoms in total. The average Bonchev–Trinajstić information content (AvgIpc) is 3.23. The summed E-state index contributed by atoms with van der Waals surface area (Å²) in [7, 11) is 0. The van der Waals surface area contributed by atoms with Gasteiger partial charge in [0.15, 0.2) is 0 Å². The summed E-state index contributed by atoms with van der Waals surface area (Å²) in [5.74, 6) is -0.116. The summed E-state index contributed by atoms with van der Waals surface area (Å²) in [6, 6.07) is 59.0. The van der Waals surface area contributed by atoms with E-state index in [4.69, 9.17) is 0 Å². The van der Waals surface area contributed by atoms with Crippen LogP contribution in [0.5, 0.6) is 23.0 Å². The van der Waals surface area contributed by atoms with E-state index < -0.39 is 0 Å². The quantitative estimate of drug-likeness (QED) is 0.143. The van der Waals surface area contributed by atoms with Crippen LogP contribution in [-0.4, -0.2) is 20.4 Å². The Morgan fingerprint density at radius 2 is 0.589 bits per heavy atom. The summed E-state index contributed by atoms with van der Waals surface area (Å²) in [6.07, 6.45) is 0. The summed E-state index contributed by atoms with van der Waals surface area (Å²) in [6.45, 7) is 0. The van der Waals surface area contributed by atoms with Gasteiger partial charge in [-0.05, 0) is 114 Å². The average molecular weight is 723 g/mol. The van der Waals surface area contributed by atoms with Gasteiger partial charge in [-0.25, -0.2) is 0 Å². The molecule has 0 bridgehead atoms. The first-order valence-electron chi connectivity index (χ1n) is 18.6. The van der Waals surface area contributed by atoms with Crippen molar-refractivity contribution in [1.29, 1.82) is 0 Å². The summed E-state index contributed by atoms with van der Waals surface area (Å²) in [4.78, 5) is 0. The monoisotopic (exact) mass is 722 g/mol. The SMILES string of the molecule is Oc1cc(-c2ccc3ccccc3c2)ccc1-c1cc2ccccc2c(-c2c(O)c(-c3ccc(-c4ccc5ccccc5c4)cc3O)cc3ccccc23)c1O. The first kappa shape index (κ1) is 33.0. The second-order valence-corrected chi connectivity index (χ2v) is 14.3. The van der Waals surface area contributed by atoms with E-state index in [0.29, 0.717) is 33.4 Å². The van der Waals surface area contributed by atoms with Gasteiger partial charge >= 0.3 is 0 Å². The van der Waals surface area contributed by atoms with Crippen LogP contribution in [0.2, 0.25) is 0 Å². The molecule has 0 aromatic heterocycles. The van der Waals surface area contributed by atoms with E-state index in [-0.39, 0.29) is 23.0 Å². The number of phenolic OH excluding ortho intramolecular Hbond substituents is 4. The largest absolute Gasteiger partial charge is 0.507 e. The van der Waals surface area contributed by atoms with Crippen molar-refractivity contribution in [2.24, 2.45) is 0 Å². The molecule has 0 atom stereocenters. The summed E-state index contributed by atoms with van der Waals surface area (Å²) in [5.41, 5.74) is 6.27. The smallest absolute Gasteiger partial charge is 0.132 e. The van der Waals surface area contributed by atoms with Crippen molar-refractivity contribution < 1.29 is 20.4 Å². The highest BCUT2D eigenvalue weighted by molar-refractivity contribution is 6.14. The molecule has 4 heteroatoms. The van der Waals surface area contributed by atoms with Gasteiger partial charge in [-0.1, -0.05) is 133 Å². The van der Waals surface area contributed by atoms with Crippen molar-refractivity contribution in [2.45, 2.75) is 0 Å². The molecule has 0 fully saturated rings. The number of benzene rings is 10. The third kappa shape index (κ3) is 5.47. The third-order valence-corrected chi connectivity index (χ3v) is 11.0. The van der Waals surface area contributed by atoms with Crippen LogP contribution in [0.4, 0.5) is 0 Å². The molecule has 0 aliphatic carbocycles. The third-order valence-electron chi connectivity index (χ3n) is 11.0. The number of rotatable bonds is 5. The minimum atomic E-state index is -0.0778. The normalized spacial score (nSPS) is 11.5. The molecule has 56 heavy (non-hydrogen) atoms.